The lowest BCUT2D eigenvalue weighted by molar-refractivity contribution is 0.703. The van der Waals surface area contributed by atoms with Gasteiger partial charge >= 0.3 is 0 Å². The predicted molar refractivity (Wildman–Crippen MR) is 78.6 cm³/mol. The summed E-state index contributed by atoms with van der Waals surface area (Å²) in [5.74, 6) is 0.783. The normalized spacial score (nSPS) is 12.4. The van der Waals surface area contributed by atoms with Gasteiger partial charge in [-0.25, -0.2) is 4.98 Å². The van der Waals surface area contributed by atoms with Gasteiger partial charge in [-0.05, 0) is 25.3 Å². The Morgan fingerprint density at radius 3 is 2.95 bits per heavy atom. The molecule has 5 heteroatoms. The summed E-state index contributed by atoms with van der Waals surface area (Å²) in [7, 11) is 0. The summed E-state index contributed by atoms with van der Waals surface area (Å²) < 4.78 is 1.86. The minimum Gasteiger partial charge on any atom is -0.364 e. The van der Waals surface area contributed by atoms with E-state index in [1.165, 1.54) is 5.56 Å². The standard InChI is InChI=1S/C15H17N5/c1-12(7-8-13-5-3-2-4-6-13)18-14-15-19-17-11-20(15)10-9-16-14/h2-6,9-12H,7-8H2,1H3,(H,16,18). The van der Waals surface area contributed by atoms with Crippen molar-refractivity contribution in [3.8, 4) is 0 Å². The van der Waals surface area contributed by atoms with Crippen molar-refractivity contribution in [3.05, 3.63) is 54.6 Å². The molecule has 102 valence electrons. The van der Waals surface area contributed by atoms with Crippen LogP contribution in [0.4, 0.5) is 5.82 Å². The molecule has 1 aromatic carbocycles. The topological polar surface area (TPSA) is 55.1 Å². The highest BCUT2D eigenvalue weighted by atomic mass is 15.2. The average Bonchev–Trinajstić information content (AvgIpc) is 2.96. The number of hydrogen-bond donors (Lipinski definition) is 1. The molecule has 0 aliphatic rings. The smallest absolute Gasteiger partial charge is 0.203 e. The van der Waals surface area contributed by atoms with Crippen molar-refractivity contribution in [2.75, 3.05) is 5.32 Å². The Morgan fingerprint density at radius 1 is 1.25 bits per heavy atom. The molecule has 1 N–H and O–H groups in total. The Hall–Kier alpha value is -2.43. The molecule has 20 heavy (non-hydrogen) atoms. The first kappa shape index (κ1) is 12.6. The fraction of sp³-hybridized carbons (Fsp3) is 0.267. The van der Waals surface area contributed by atoms with Crippen LogP contribution >= 0.6 is 0 Å². The van der Waals surface area contributed by atoms with Gasteiger partial charge in [-0.1, -0.05) is 30.3 Å². The van der Waals surface area contributed by atoms with E-state index >= 15 is 0 Å². The summed E-state index contributed by atoms with van der Waals surface area (Å²) in [5.41, 5.74) is 2.12. The lowest BCUT2D eigenvalue weighted by atomic mass is 10.1. The Labute approximate surface area is 117 Å². The monoisotopic (exact) mass is 267 g/mol. The molecule has 0 aliphatic carbocycles. The molecular formula is C15H17N5. The number of aromatic nitrogens is 4. The molecule has 0 radical (unpaired) electrons. The predicted octanol–water partition coefficient (Wildman–Crippen LogP) is 2.56. The molecule has 2 aromatic heterocycles. The Kier molecular flexibility index (Phi) is 3.58. The van der Waals surface area contributed by atoms with Crippen molar-refractivity contribution in [2.24, 2.45) is 0 Å². The number of rotatable bonds is 5. The zero-order valence-electron chi connectivity index (χ0n) is 11.4. The summed E-state index contributed by atoms with van der Waals surface area (Å²) in [6.45, 7) is 2.16. The van der Waals surface area contributed by atoms with Crippen LogP contribution in [-0.4, -0.2) is 25.6 Å². The zero-order valence-corrected chi connectivity index (χ0v) is 11.4. The third-order valence-electron chi connectivity index (χ3n) is 3.31. The van der Waals surface area contributed by atoms with Crippen molar-refractivity contribution < 1.29 is 0 Å². The van der Waals surface area contributed by atoms with Crippen molar-refractivity contribution in [2.45, 2.75) is 25.8 Å². The molecule has 1 unspecified atom stereocenters. The fourth-order valence-corrected chi connectivity index (χ4v) is 2.19. The van der Waals surface area contributed by atoms with Gasteiger partial charge in [0.15, 0.2) is 5.82 Å². The first-order valence-corrected chi connectivity index (χ1v) is 6.78. The van der Waals surface area contributed by atoms with Crippen LogP contribution in [0.2, 0.25) is 0 Å². The highest BCUT2D eigenvalue weighted by Gasteiger charge is 2.08. The van der Waals surface area contributed by atoms with E-state index in [9.17, 15) is 0 Å². The van der Waals surface area contributed by atoms with Crippen molar-refractivity contribution >= 4 is 11.5 Å². The molecule has 0 aliphatic heterocycles. The lowest BCUT2D eigenvalue weighted by Gasteiger charge is -2.14. The molecule has 0 fully saturated rings. The van der Waals surface area contributed by atoms with Gasteiger partial charge in [0, 0.05) is 18.4 Å². The Morgan fingerprint density at radius 2 is 2.10 bits per heavy atom. The average molecular weight is 267 g/mol. The number of nitrogens with zero attached hydrogens (tertiary/aromatic N) is 4. The first-order valence-electron chi connectivity index (χ1n) is 6.78. The maximum absolute atomic E-state index is 4.34. The molecule has 1 atom stereocenters. The Bertz CT molecular complexity index is 677. The van der Waals surface area contributed by atoms with E-state index in [1.807, 2.05) is 16.7 Å². The van der Waals surface area contributed by atoms with E-state index in [-0.39, 0.29) is 0 Å². The highest BCUT2D eigenvalue weighted by Crippen LogP contribution is 2.13. The Balaban J connectivity index is 1.64. The van der Waals surface area contributed by atoms with Gasteiger partial charge in [-0.15, -0.1) is 10.2 Å². The molecular weight excluding hydrogens is 250 g/mol. The largest absolute Gasteiger partial charge is 0.364 e. The van der Waals surface area contributed by atoms with Gasteiger partial charge in [0.05, 0.1) is 0 Å². The van der Waals surface area contributed by atoms with Gasteiger partial charge in [-0.3, -0.25) is 4.40 Å². The lowest BCUT2D eigenvalue weighted by Crippen LogP contribution is -2.17. The molecule has 3 rings (SSSR count). The van der Waals surface area contributed by atoms with Crippen molar-refractivity contribution in [1.82, 2.24) is 19.6 Å². The first-order chi connectivity index (χ1) is 9.83. The number of anilines is 1. The van der Waals surface area contributed by atoms with Crippen molar-refractivity contribution in [1.29, 1.82) is 0 Å². The molecule has 2 heterocycles. The van der Waals surface area contributed by atoms with E-state index in [4.69, 9.17) is 0 Å². The van der Waals surface area contributed by atoms with Gasteiger partial charge in [-0.2, -0.15) is 0 Å². The van der Waals surface area contributed by atoms with Crippen LogP contribution in [0.15, 0.2) is 49.1 Å². The van der Waals surface area contributed by atoms with Crippen LogP contribution in [0.5, 0.6) is 0 Å². The maximum Gasteiger partial charge on any atom is 0.203 e. The van der Waals surface area contributed by atoms with Crippen LogP contribution in [0, 0.1) is 0 Å². The summed E-state index contributed by atoms with van der Waals surface area (Å²) in [6, 6.07) is 10.8. The number of benzene rings is 1. The fourth-order valence-electron chi connectivity index (χ4n) is 2.19. The summed E-state index contributed by atoms with van der Waals surface area (Å²) in [4.78, 5) is 4.34. The number of aryl methyl sites for hydroxylation is 1. The summed E-state index contributed by atoms with van der Waals surface area (Å²) >= 11 is 0. The van der Waals surface area contributed by atoms with Crippen LogP contribution in [0.1, 0.15) is 18.9 Å². The van der Waals surface area contributed by atoms with E-state index in [0.717, 1.165) is 24.3 Å². The number of hydrogen-bond acceptors (Lipinski definition) is 4. The molecule has 0 amide bonds. The van der Waals surface area contributed by atoms with Gasteiger partial charge < -0.3 is 5.32 Å². The minimum atomic E-state index is 0.325. The SMILES string of the molecule is CC(CCc1ccccc1)Nc1nccn2cnnc12. The van der Waals surface area contributed by atoms with Gasteiger partial charge in [0.2, 0.25) is 5.65 Å². The third-order valence-corrected chi connectivity index (χ3v) is 3.31. The van der Waals surface area contributed by atoms with Gasteiger partial charge in [0.1, 0.15) is 6.33 Å². The van der Waals surface area contributed by atoms with E-state index < -0.39 is 0 Å². The quantitative estimate of drug-likeness (QED) is 0.772. The van der Waals surface area contributed by atoms with E-state index in [0.29, 0.717) is 6.04 Å². The second kappa shape index (κ2) is 5.69. The van der Waals surface area contributed by atoms with Crippen LogP contribution in [-0.2, 0) is 6.42 Å². The number of nitrogens with one attached hydrogen (secondary N) is 1. The van der Waals surface area contributed by atoms with Crippen LogP contribution in [0.3, 0.4) is 0 Å². The number of fused-ring (bicyclic) bond motifs is 1. The second-order valence-corrected chi connectivity index (χ2v) is 4.91. The summed E-state index contributed by atoms with van der Waals surface area (Å²) in [6.07, 6.45) is 7.36. The zero-order chi connectivity index (χ0) is 13.8. The van der Waals surface area contributed by atoms with E-state index in [2.05, 4.69) is 51.7 Å². The minimum absolute atomic E-state index is 0.325. The van der Waals surface area contributed by atoms with Crippen LogP contribution < -0.4 is 5.32 Å². The third kappa shape index (κ3) is 2.77. The molecule has 0 bridgehead atoms. The second-order valence-electron chi connectivity index (χ2n) is 4.91. The van der Waals surface area contributed by atoms with Crippen LogP contribution in [0.25, 0.3) is 5.65 Å². The maximum atomic E-state index is 4.34. The molecule has 0 saturated carbocycles. The molecule has 0 saturated heterocycles. The summed E-state index contributed by atoms with van der Waals surface area (Å²) in [5, 5.41) is 11.4. The van der Waals surface area contributed by atoms with Gasteiger partial charge in [0.25, 0.3) is 0 Å². The van der Waals surface area contributed by atoms with Crippen molar-refractivity contribution in [3.63, 3.8) is 0 Å². The highest BCUT2D eigenvalue weighted by molar-refractivity contribution is 5.61. The molecule has 0 spiro atoms. The molecule has 3 aromatic rings. The molecule has 5 nitrogen and oxygen atoms in total. The van der Waals surface area contributed by atoms with E-state index in [1.54, 1.807) is 12.5 Å².